The quantitative estimate of drug-likeness (QED) is 0.462. The van der Waals surface area contributed by atoms with Crippen molar-refractivity contribution in [1.29, 1.82) is 0 Å². The number of methoxy groups -OCH3 is 2. The molecule has 180 valence electrons. The van der Waals surface area contributed by atoms with Crippen molar-refractivity contribution in [1.82, 2.24) is 5.32 Å². The van der Waals surface area contributed by atoms with E-state index in [9.17, 15) is 17.6 Å². The van der Waals surface area contributed by atoms with Crippen LogP contribution in [0.15, 0.2) is 77.7 Å². The fraction of sp³-hybridized carbons (Fsp3) is 0.240. The van der Waals surface area contributed by atoms with E-state index >= 15 is 0 Å². The number of halogens is 1. The summed E-state index contributed by atoms with van der Waals surface area (Å²) in [5.74, 6) is -0.273. The van der Waals surface area contributed by atoms with Gasteiger partial charge in [0.05, 0.1) is 30.8 Å². The van der Waals surface area contributed by atoms with Crippen LogP contribution >= 0.6 is 0 Å². The van der Waals surface area contributed by atoms with Crippen molar-refractivity contribution in [2.45, 2.75) is 24.3 Å². The first-order valence-electron chi connectivity index (χ1n) is 10.7. The van der Waals surface area contributed by atoms with E-state index < -0.39 is 34.3 Å². The number of hydrogen-bond acceptors (Lipinski definition) is 5. The maximum Gasteiger partial charge on any atom is 0.264 e. The standard InChI is InChI=1S/C25H27FN2O5S/c1-4-21(18-14-15-23(32-2)24(16-18)33-3)27-25(29)17-28(22-13-9-8-12-20(22)26)34(30,31)19-10-6-5-7-11-19/h5-16,21H,4,17H2,1-3H3,(H,27,29). The Bertz CT molecular complexity index is 1240. The van der Waals surface area contributed by atoms with Crippen LogP contribution in [0.3, 0.4) is 0 Å². The van der Waals surface area contributed by atoms with Gasteiger partial charge in [0.25, 0.3) is 10.0 Å². The maximum absolute atomic E-state index is 14.6. The molecule has 0 saturated heterocycles. The SMILES string of the molecule is CCC(NC(=O)CN(c1ccccc1F)S(=O)(=O)c1ccccc1)c1ccc(OC)c(OC)c1. The predicted molar refractivity (Wildman–Crippen MR) is 128 cm³/mol. The zero-order valence-corrected chi connectivity index (χ0v) is 20.0. The van der Waals surface area contributed by atoms with E-state index in [1.165, 1.54) is 44.6 Å². The van der Waals surface area contributed by atoms with Crippen LogP contribution in [0.25, 0.3) is 0 Å². The summed E-state index contributed by atoms with van der Waals surface area (Å²) in [6.07, 6.45) is 0.534. The molecule has 0 aliphatic carbocycles. The Morgan fingerprint density at radius 1 is 0.971 bits per heavy atom. The number of anilines is 1. The van der Waals surface area contributed by atoms with Gasteiger partial charge in [-0.15, -0.1) is 0 Å². The molecule has 9 heteroatoms. The van der Waals surface area contributed by atoms with Gasteiger partial charge in [-0.2, -0.15) is 0 Å². The van der Waals surface area contributed by atoms with Gasteiger partial charge in [-0.3, -0.25) is 9.10 Å². The fourth-order valence-corrected chi connectivity index (χ4v) is 4.98. The van der Waals surface area contributed by atoms with E-state index in [4.69, 9.17) is 9.47 Å². The lowest BCUT2D eigenvalue weighted by atomic mass is 10.0. The van der Waals surface area contributed by atoms with E-state index in [2.05, 4.69) is 5.32 Å². The smallest absolute Gasteiger partial charge is 0.264 e. The molecule has 0 radical (unpaired) electrons. The highest BCUT2D eigenvalue weighted by Gasteiger charge is 2.29. The molecule has 0 heterocycles. The number of nitrogens with zero attached hydrogens (tertiary/aromatic N) is 1. The lowest BCUT2D eigenvalue weighted by Crippen LogP contribution is -2.42. The summed E-state index contributed by atoms with van der Waals surface area (Å²) in [4.78, 5) is 13.0. The van der Waals surface area contributed by atoms with Crippen molar-refractivity contribution in [2.75, 3.05) is 25.1 Å². The summed E-state index contributed by atoms with van der Waals surface area (Å²) in [6.45, 7) is 1.29. The summed E-state index contributed by atoms with van der Waals surface area (Å²) in [5, 5.41) is 2.85. The number of amides is 1. The van der Waals surface area contributed by atoms with Crippen LogP contribution in [0.5, 0.6) is 11.5 Å². The largest absolute Gasteiger partial charge is 0.493 e. The van der Waals surface area contributed by atoms with Gasteiger partial charge in [-0.25, -0.2) is 12.8 Å². The Morgan fingerprint density at radius 3 is 2.24 bits per heavy atom. The average molecular weight is 487 g/mol. The summed E-state index contributed by atoms with van der Waals surface area (Å²) < 4.78 is 52.7. The number of ether oxygens (including phenoxy) is 2. The number of carbonyl (C=O) groups is 1. The normalized spacial score (nSPS) is 12.0. The summed E-state index contributed by atoms with van der Waals surface area (Å²) >= 11 is 0. The third kappa shape index (κ3) is 5.48. The molecule has 34 heavy (non-hydrogen) atoms. The monoisotopic (exact) mass is 486 g/mol. The Balaban J connectivity index is 1.91. The van der Waals surface area contributed by atoms with Crippen molar-refractivity contribution in [3.8, 4) is 11.5 Å². The van der Waals surface area contributed by atoms with Crippen molar-refractivity contribution >= 4 is 21.6 Å². The van der Waals surface area contributed by atoms with E-state index in [1.807, 2.05) is 6.92 Å². The minimum atomic E-state index is -4.20. The number of benzene rings is 3. The zero-order chi connectivity index (χ0) is 24.7. The fourth-order valence-electron chi connectivity index (χ4n) is 3.53. The van der Waals surface area contributed by atoms with Crippen LogP contribution in [0.4, 0.5) is 10.1 Å². The molecule has 3 aromatic carbocycles. The minimum absolute atomic E-state index is 0.0435. The van der Waals surface area contributed by atoms with Crippen molar-refractivity contribution in [3.05, 3.63) is 84.2 Å². The molecule has 0 bridgehead atoms. The molecule has 0 fully saturated rings. The molecular formula is C25H27FN2O5S. The van der Waals surface area contributed by atoms with E-state index in [-0.39, 0.29) is 10.6 Å². The second-order valence-electron chi connectivity index (χ2n) is 7.42. The number of hydrogen-bond donors (Lipinski definition) is 1. The van der Waals surface area contributed by atoms with Crippen LogP contribution in [0.1, 0.15) is 24.9 Å². The molecule has 1 amide bonds. The van der Waals surface area contributed by atoms with Crippen LogP contribution in [0.2, 0.25) is 0 Å². The van der Waals surface area contributed by atoms with E-state index in [0.717, 1.165) is 15.9 Å². The maximum atomic E-state index is 14.6. The molecule has 0 spiro atoms. The molecule has 0 aliphatic heterocycles. The first kappa shape index (κ1) is 25.0. The highest BCUT2D eigenvalue weighted by atomic mass is 32.2. The second kappa shape index (κ2) is 11.0. The van der Waals surface area contributed by atoms with E-state index in [0.29, 0.717) is 17.9 Å². The zero-order valence-electron chi connectivity index (χ0n) is 19.2. The summed E-state index contributed by atoms with van der Waals surface area (Å²) in [6, 6.07) is 17.9. The van der Waals surface area contributed by atoms with E-state index in [1.54, 1.807) is 36.4 Å². The highest BCUT2D eigenvalue weighted by molar-refractivity contribution is 7.92. The Hall–Kier alpha value is -3.59. The van der Waals surface area contributed by atoms with Crippen molar-refractivity contribution < 1.29 is 27.1 Å². The molecule has 1 atom stereocenters. The van der Waals surface area contributed by atoms with Crippen LogP contribution in [-0.2, 0) is 14.8 Å². The van der Waals surface area contributed by atoms with Gasteiger partial charge in [0.1, 0.15) is 12.4 Å². The van der Waals surface area contributed by atoms with Gasteiger partial charge in [-0.05, 0) is 48.4 Å². The molecule has 0 aromatic heterocycles. The van der Waals surface area contributed by atoms with Gasteiger partial charge < -0.3 is 14.8 Å². The van der Waals surface area contributed by atoms with Crippen molar-refractivity contribution in [2.24, 2.45) is 0 Å². The summed E-state index contributed by atoms with van der Waals surface area (Å²) in [5.41, 5.74) is 0.553. The highest BCUT2D eigenvalue weighted by Crippen LogP contribution is 2.31. The number of carbonyl (C=O) groups excluding carboxylic acids is 1. The number of para-hydroxylation sites is 1. The summed E-state index contributed by atoms with van der Waals surface area (Å²) in [7, 11) is -1.16. The van der Waals surface area contributed by atoms with Crippen LogP contribution in [0, 0.1) is 5.82 Å². The topological polar surface area (TPSA) is 84.9 Å². The van der Waals surface area contributed by atoms with Gasteiger partial charge in [0.2, 0.25) is 5.91 Å². The van der Waals surface area contributed by atoms with Crippen LogP contribution < -0.4 is 19.1 Å². The number of sulfonamides is 1. The predicted octanol–water partition coefficient (Wildman–Crippen LogP) is 4.31. The van der Waals surface area contributed by atoms with Gasteiger partial charge >= 0.3 is 0 Å². The second-order valence-corrected chi connectivity index (χ2v) is 9.28. The third-order valence-electron chi connectivity index (χ3n) is 5.29. The lowest BCUT2D eigenvalue weighted by molar-refractivity contribution is -0.120. The Morgan fingerprint density at radius 2 is 1.62 bits per heavy atom. The first-order valence-corrected chi connectivity index (χ1v) is 12.1. The van der Waals surface area contributed by atoms with Gasteiger partial charge in [0, 0.05) is 0 Å². The number of nitrogens with one attached hydrogen (secondary N) is 1. The Labute approximate surface area is 199 Å². The minimum Gasteiger partial charge on any atom is -0.493 e. The number of rotatable bonds is 10. The van der Waals surface area contributed by atoms with Crippen molar-refractivity contribution in [3.63, 3.8) is 0 Å². The van der Waals surface area contributed by atoms with Gasteiger partial charge in [-0.1, -0.05) is 43.3 Å². The van der Waals surface area contributed by atoms with Gasteiger partial charge in [0.15, 0.2) is 11.5 Å². The first-order chi connectivity index (χ1) is 16.3. The molecule has 1 unspecified atom stereocenters. The van der Waals surface area contributed by atoms with Crippen LogP contribution in [-0.4, -0.2) is 35.1 Å². The molecule has 3 rings (SSSR count). The molecule has 0 aliphatic rings. The molecular weight excluding hydrogens is 459 g/mol. The lowest BCUT2D eigenvalue weighted by Gasteiger charge is -2.26. The molecule has 1 N–H and O–H groups in total. The Kier molecular flexibility index (Phi) is 8.12. The average Bonchev–Trinajstić information content (AvgIpc) is 2.86. The molecule has 7 nitrogen and oxygen atoms in total. The molecule has 0 saturated carbocycles. The molecule has 3 aromatic rings. The third-order valence-corrected chi connectivity index (χ3v) is 7.07.